The van der Waals surface area contributed by atoms with Crippen LogP contribution in [0.15, 0.2) is 42.5 Å². The van der Waals surface area contributed by atoms with E-state index >= 15 is 0 Å². The number of methoxy groups -OCH3 is 1. The summed E-state index contributed by atoms with van der Waals surface area (Å²) in [7, 11) is 1.31. The van der Waals surface area contributed by atoms with Gasteiger partial charge in [0.1, 0.15) is 11.8 Å². The predicted octanol–water partition coefficient (Wildman–Crippen LogP) is 4.36. The molecule has 0 spiro atoms. The number of hydrogen-bond acceptors (Lipinski definition) is 6. The Labute approximate surface area is 204 Å². The zero-order valence-electron chi connectivity index (χ0n) is 19.7. The van der Waals surface area contributed by atoms with Crippen LogP contribution in [0.5, 0.6) is 11.5 Å². The van der Waals surface area contributed by atoms with Crippen molar-refractivity contribution in [1.82, 2.24) is 10.2 Å². The summed E-state index contributed by atoms with van der Waals surface area (Å²) in [6.07, 6.45) is 1.15. The van der Waals surface area contributed by atoms with Gasteiger partial charge in [0.05, 0.1) is 12.0 Å². The second-order valence-electron chi connectivity index (χ2n) is 7.73. The fraction of sp³-hybridized carbons (Fsp3) is 0.417. The quantitative estimate of drug-likeness (QED) is 0.349. The smallest absolute Gasteiger partial charge is 0.311 e. The molecule has 0 aromatic heterocycles. The van der Waals surface area contributed by atoms with E-state index in [9.17, 15) is 19.7 Å². The van der Waals surface area contributed by atoms with Crippen molar-refractivity contribution < 1.29 is 24.0 Å². The highest BCUT2D eigenvalue weighted by Crippen LogP contribution is 2.31. The first-order valence-electron chi connectivity index (χ1n) is 11.0. The molecule has 2 atom stereocenters. The molecule has 0 saturated carbocycles. The largest absolute Gasteiger partial charge is 0.490 e. The summed E-state index contributed by atoms with van der Waals surface area (Å²) < 4.78 is 10.7. The van der Waals surface area contributed by atoms with Gasteiger partial charge < -0.3 is 19.7 Å². The van der Waals surface area contributed by atoms with E-state index in [1.54, 1.807) is 18.2 Å². The monoisotopic (exact) mass is 491 g/mol. The molecule has 2 rings (SSSR count). The number of amides is 2. The summed E-state index contributed by atoms with van der Waals surface area (Å²) >= 11 is 6.32. The fourth-order valence-electron chi connectivity index (χ4n) is 3.30. The SMILES string of the molecule is CC[C@H](C)NC(=O)[C@H](CC)N(Cc1ccccc1Cl)C(=O)COc1ccc([N+](=O)[O-])c(OC)c1. The van der Waals surface area contributed by atoms with Gasteiger partial charge >= 0.3 is 5.69 Å². The van der Waals surface area contributed by atoms with Crippen LogP contribution in [0.25, 0.3) is 0 Å². The molecule has 2 aromatic carbocycles. The summed E-state index contributed by atoms with van der Waals surface area (Å²) in [5.41, 5.74) is 0.485. The van der Waals surface area contributed by atoms with Gasteiger partial charge in [-0.15, -0.1) is 0 Å². The third-order valence-corrected chi connectivity index (χ3v) is 5.76. The van der Waals surface area contributed by atoms with Crippen molar-refractivity contribution in [3.8, 4) is 11.5 Å². The number of halogens is 1. The first-order valence-corrected chi connectivity index (χ1v) is 11.4. The topological polar surface area (TPSA) is 111 Å². The Kier molecular flexibility index (Phi) is 10.1. The molecule has 2 aromatic rings. The Morgan fingerprint density at radius 1 is 1.18 bits per heavy atom. The van der Waals surface area contributed by atoms with Crippen molar-refractivity contribution in [3.63, 3.8) is 0 Å². The number of carbonyl (C=O) groups excluding carboxylic acids is 2. The molecule has 0 saturated heterocycles. The Morgan fingerprint density at radius 2 is 1.88 bits per heavy atom. The Balaban J connectivity index is 2.26. The average Bonchev–Trinajstić information content (AvgIpc) is 2.82. The molecule has 0 aliphatic heterocycles. The van der Waals surface area contributed by atoms with E-state index in [1.807, 2.05) is 26.8 Å². The normalized spacial score (nSPS) is 12.4. The van der Waals surface area contributed by atoms with Gasteiger partial charge in [0.15, 0.2) is 6.61 Å². The first kappa shape index (κ1) is 26.9. The van der Waals surface area contributed by atoms with Crippen LogP contribution in [-0.2, 0) is 16.1 Å². The van der Waals surface area contributed by atoms with Gasteiger partial charge in [0.25, 0.3) is 5.91 Å². The van der Waals surface area contributed by atoms with Crippen molar-refractivity contribution in [2.24, 2.45) is 0 Å². The second kappa shape index (κ2) is 12.8. The van der Waals surface area contributed by atoms with Crippen molar-refractivity contribution in [2.75, 3.05) is 13.7 Å². The highest BCUT2D eigenvalue weighted by Gasteiger charge is 2.30. The summed E-state index contributed by atoms with van der Waals surface area (Å²) in [5.74, 6) is -0.439. The van der Waals surface area contributed by atoms with Crippen LogP contribution in [0.1, 0.15) is 39.2 Å². The van der Waals surface area contributed by atoms with E-state index in [2.05, 4.69) is 5.32 Å². The predicted molar refractivity (Wildman–Crippen MR) is 129 cm³/mol. The minimum Gasteiger partial charge on any atom is -0.490 e. The second-order valence-corrected chi connectivity index (χ2v) is 8.14. The fourth-order valence-corrected chi connectivity index (χ4v) is 3.49. The van der Waals surface area contributed by atoms with Crippen LogP contribution in [0.2, 0.25) is 5.02 Å². The summed E-state index contributed by atoms with van der Waals surface area (Å²) in [5, 5.41) is 14.5. The molecule has 0 heterocycles. The number of nitro benzene ring substituents is 1. The molecule has 0 aliphatic carbocycles. The molecule has 9 nitrogen and oxygen atoms in total. The van der Waals surface area contributed by atoms with Gasteiger partial charge in [-0.25, -0.2) is 0 Å². The zero-order chi connectivity index (χ0) is 25.3. The molecule has 1 N–H and O–H groups in total. The molecule has 10 heteroatoms. The van der Waals surface area contributed by atoms with Crippen molar-refractivity contribution in [2.45, 2.75) is 52.2 Å². The Hall–Kier alpha value is -3.33. The van der Waals surface area contributed by atoms with E-state index in [0.29, 0.717) is 17.0 Å². The van der Waals surface area contributed by atoms with Crippen LogP contribution in [0.4, 0.5) is 5.69 Å². The van der Waals surface area contributed by atoms with Crippen molar-refractivity contribution in [1.29, 1.82) is 0 Å². The number of nitrogens with zero attached hydrogens (tertiary/aromatic N) is 2. The molecule has 0 bridgehead atoms. The number of nitrogens with one attached hydrogen (secondary N) is 1. The average molecular weight is 492 g/mol. The van der Waals surface area contributed by atoms with E-state index in [0.717, 1.165) is 6.42 Å². The molecular weight excluding hydrogens is 462 g/mol. The minimum absolute atomic E-state index is 0.0160. The van der Waals surface area contributed by atoms with E-state index in [1.165, 1.54) is 30.2 Å². The summed E-state index contributed by atoms with van der Waals surface area (Å²) in [4.78, 5) is 38.2. The third kappa shape index (κ3) is 7.08. The van der Waals surface area contributed by atoms with Crippen molar-refractivity contribution >= 4 is 29.1 Å². The van der Waals surface area contributed by atoms with E-state index in [4.69, 9.17) is 21.1 Å². The number of ether oxygens (including phenoxy) is 2. The molecule has 2 amide bonds. The van der Waals surface area contributed by atoms with Gasteiger partial charge in [0.2, 0.25) is 11.7 Å². The van der Waals surface area contributed by atoms with Gasteiger partial charge in [-0.2, -0.15) is 0 Å². The maximum absolute atomic E-state index is 13.3. The number of benzene rings is 2. The minimum atomic E-state index is -0.729. The molecule has 0 unspecified atom stereocenters. The maximum atomic E-state index is 13.3. The van der Waals surface area contributed by atoms with Gasteiger partial charge in [-0.05, 0) is 37.5 Å². The Morgan fingerprint density at radius 3 is 2.47 bits per heavy atom. The molecule has 0 aliphatic rings. The van der Waals surface area contributed by atoms with Gasteiger partial charge in [-0.1, -0.05) is 43.6 Å². The lowest BCUT2D eigenvalue weighted by molar-refractivity contribution is -0.385. The van der Waals surface area contributed by atoms with E-state index in [-0.39, 0.29) is 42.3 Å². The molecule has 0 fully saturated rings. The lowest BCUT2D eigenvalue weighted by atomic mass is 10.1. The van der Waals surface area contributed by atoms with Gasteiger partial charge in [0, 0.05) is 29.7 Å². The summed E-state index contributed by atoms with van der Waals surface area (Å²) in [6.45, 7) is 5.44. The standard InChI is InChI=1S/C24H30ClN3O6/c1-5-16(3)26-24(30)20(6-2)27(14-17-9-7-8-10-19(17)25)23(29)15-34-18-11-12-21(28(31)32)22(13-18)33-4/h7-13,16,20H,5-6,14-15H2,1-4H3,(H,26,30)/t16-,20-/m0/s1. The lowest BCUT2D eigenvalue weighted by Gasteiger charge is -2.31. The number of nitro groups is 1. The van der Waals surface area contributed by atoms with E-state index < -0.39 is 16.9 Å². The number of carbonyl (C=O) groups is 2. The molecule has 184 valence electrons. The van der Waals surface area contributed by atoms with Crippen LogP contribution < -0.4 is 14.8 Å². The van der Waals surface area contributed by atoms with Crippen LogP contribution in [0.3, 0.4) is 0 Å². The number of rotatable bonds is 12. The van der Waals surface area contributed by atoms with Crippen molar-refractivity contribution in [3.05, 3.63) is 63.2 Å². The first-order chi connectivity index (χ1) is 16.2. The summed E-state index contributed by atoms with van der Waals surface area (Å²) in [6, 6.07) is 10.3. The van der Waals surface area contributed by atoms with Crippen LogP contribution in [0, 0.1) is 10.1 Å². The third-order valence-electron chi connectivity index (χ3n) is 5.40. The van der Waals surface area contributed by atoms with Crippen LogP contribution >= 0.6 is 11.6 Å². The molecular formula is C24H30ClN3O6. The molecule has 34 heavy (non-hydrogen) atoms. The number of hydrogen-bond donors (Lipinski definition) is 1. The maximum Gasteiger partial charge on any atom is 0.311 e. The highest BCUT2D eigenvalue weighted by molar-refractivity contribution is 6.31. The van der Waals surface area contributed by atoms with Crippen LogP contribution in [-0.4, -0.2) is 47.4 Å². The molecule has 0 radical (unpaired) electrons. The van der Waals surface area contributed by atoms with Gasteiger partial charge in [-0.3, -0.25) is 19.7 Å². The zero-order valence-corrected chi connectivity index (χ0v) is 20.5. The highest BCUT2D eigenvalue weighted by atomic mass is 35.5. The Bertz CT molecular complexity index is 1020. The lowest BCUT2D eigenvalue weighted by Crippen LogP contribution is -2.51.